The topological polar surface area (TPSA) is 189 Å². The zero-order chi connectivity index (χ0) is 26.3. The highest BCUT2D eigenvalue weighted by molar-refractivity contribution is 5.88. The first kappa shape index (κ1) is 25.3. The first-order valence-corrected chi connectivity index (χ1v) is 12.4. The van der Waals surface area contributed by atoms with Gasteiger partial charge in [-0.05, 0) is 35.6 Å². The Hall–Kier alpha value is -3.36. The molecule has 1 saturated carbocycles. The number of piperazine rings is 1. The molecule has 13 heteroatoms. The Balaban J connectivity index is 1.16. The third-order valence-electron chi connectivity index (χ3n) is 7.50. The molecule has 13 nitrogen and oxygen atoms in total. The van der Waals surface area contributed by atoms with E-state index in [9.17, 15) is 14.4 Å². The second-order valence-corrected chi connectivity index (χ2v) is 10.00. The minimum atomic E-state index is -1.05. The molecule has 37 heavy (non-hydrogen) atoms. The van der Waals surface area contributed by atoms with Gasteiger partial charge in [-0.25, -0.2) is 9.59 Å². The summed E-state index contributed by atoms with van der Waals surface area (Å²) >= 11 is 0. The average Bonchev–Trinajstić information content (AvgIpc) is 3.27. The van der Waals surface area contributed by atoms with E-state index in [-0.39, 0.29) is 25.5 Å². The van der Waals surface area contributed by atoms with Crippen molar-refractivity contribution in [1.29, 1.82) is 0 Å². The fraction of sp³-hybridized carbons (Fsp3) is 0.500. The average molecular weight is 512 g/mol. The minimum absolute atomic E-state index is 0.0741. The second-order valence-electron chi connectivity index (χ2n) is 10.00. The van der Waals surface area contributed by atoms with Gasteiger partial charge in [-0.3, -0.25) is 19.6 Å². The van der Waals surface area contributed by atoms with Crippen molar-refractivity contribution in [3.05, 3.63) is 52.6 Å². The van der Waals surface area contributed by atoms with Crippen molar-refractivity contribution >= 4 is 17.8 Å². The van der Waals surface area contributed by atoms with E-state index in [0.29, 0.717) is 23.6 Å². The van der Waals surface area contributed by atoms with Gasteiger partial charge >= 0.3 is 11.7 Å². The predicted octanol–water partition coefficient (Wildman–Crippen LogP) is -2.10. The van der Waals surface area contributed by atoms with Crippen LogP contribution in [0.3, 0.4) is 0 Å². The molecule has 8 N–H and O–H groups in total. The molecule has 2 saturated heterocycles. The van der Waals surface area contributed by atoms with Crippen molar-refractivity contribution in [2.24, 2.45) is 29.0 Å². The Kier molecular flexibility index (Phi) is 6.96. The van der Waals surface area contributed by atoms with Crippen LogP contribution in [0, 0.1) is 11.8 Å². The number of piperidine rings is 1. The third kappa shape index (κ3) is 5.22. The van der Waals surface area contributed by atoms with Crippen LogP contribution in [0.1, 0.15) is 5.56 Å². The van der Waals surface area contributed by atoms with Gasteiger partial charge in [0.15, 0.2) is 0 Å². The monoisotopic (exact) mass is 511 g/mol. The maximum Gasteiger partial charge on any atom is 0.354 e. The standard InChI is InChI=1S/C24H33N9O4/c25-18(13-34)22(35)33-8-7-31(12-19(33)26)23(36)28-20-5-6-32(24(37)29-20)15-3-1-14(2-4-15)9-30-10-16-17(11-30)21(16)27/h1-6,16-19,21,34H,7-13,25-27H2,(H,28,29,36,37)/t16?,17?,18?,19-,21?/m0/s1. The summed E-state index contributed by atoms with van der Waals surface area (Å²) in [6.45, 7) is 2.94. The number of fused-ring (bicyclic) bond motifs is 1. The number of anilines is 1. The number of carbonyl (C=O) groups excluding carboxylic acids is 2. The number of nitrogens with one attached hydrogen (secondary N) is 1. The van der Waals surface area contributed by atoms with Crippen LogP contribution >= 0.6 is 0 Å². The largest absolute Gasteiger partial charge is 0.394 e. The lowest BCUT2D eigenvalue weighted by molar-refractivity contribution is -0.137. The van der Waals surface area contributed by atoms with Crippen LogP contribution in [-0.4, -0.2) is 98.9 Å². The number of benzene rings is 1. The Morgan fingerprint density at radius 3 is 2.41 bits per heavy atom. The molecular weight excluding hydrogens is 478 g/mol. The summed E-state index contributed by atoms with van der Waals surface area (Å²) in [6.07, 6.45) is 0.802. The van der Waals surface area contributed by atoms with Crippen LogP contribution in [0.15, 0.2) is 41.3 Å². The summed E-state index contributed by atoms with van der Waals surface area (Å²) in [5.74, 6) is 0.933. The molecule has 1 aromatic carbocycles. The first-order valence-electron chi connectivity index (χ1n) is 12.4. The molecule has 3 amide bonds. The number of rotatable bonds is 6. The molecular formula is C24H33N9O4. The molecule has 2 aromatic rings. The number of aromatic nitrogens is 2. The van der Waals surface area contributed by atoms with E-state index in [1.807, 2.05) is 24.3 Å². The molecule has 3 fully saturated rings. The highest BCUT2D eigenvalue weighted by atomic mass is 16.3. The van der Waals surface area contributed by atoms with E-state index in [0.717, 1.165) is 19.6 Å². The molecule has 0 bridgehead atoms. The number of nitrogens with zero attached hydrogens (tertiary/aromatic N) is 5. The summed E-state index contributed by atoms with van der Waals surface area (Å²) in [4.78, 5) is 46.7. The maximum absolute atomic E-state index is 12.7. The van der Waals surface area contributed by atoms with E-state index < -0.39 is 36.4 Å². The predicted molar refractivity (Wildman–Crippen MR) is 135 cm³/mol. The summed E-state index contributed by atoms with van der Waals surface area (Å²) in [5.41, 5.74) is 19.0. The van der Waals surface area contributed by atoms with Crippen LogP contribution in [0.25, 0.3) is 5.69 Å². The van der Waals surface area contributed by atoms with E-state index >= 15 is 0 Å². The molecule has 2 aliphatic heterocycles. The van der Waals surface area contributed by atoms with Gasteiger partial charge in [0.1, 0.15) is 11.9 Å². The van der Waals surface area contributed by atoms with E-state index in [4.69, 9.17) is 22.3 Å². The van der Waals surface area contributed by atoms with Crippen molar-refractivity contribution in [3.63, 3.8) is 0 Å². The number of amides is 3. The molecule has 198 valence electrons. The van der Waals surface area contributed by atoms with Gasteiger partial charge in [-0.15, -0.1) is 0 Å². The van der Waals surface area contributed by atoms with Gasteiger partial charge < -0.3 is 32.1 Å². The van der Waals surface area contributed by atoms with Crippen molar-refractivity contribution in [1.82, 2.24) is 24.3 Å². The number of likely N-dealkylation sites (tertiary alicyclic amines) is 1. The fourth-order valence-electron chi connectivity index (χ4n) is 5.23. The van der Waals surface area contributed by atoms with Crippen LogP contribution in [0.4, 0.5) is 10.6 Å². The lowest BCUT2D eigenvalue weighted by Crippen LogP contribution is -2.63. The van der Waals surface area contributed by atoms with Crippen molar-refractivity contribution in [2.75, 3.05) is 44.6 Å². The van der Waals surface area contributed by atoms with Gasteiger partial charge in [-0.1, -0.05) is 12.1 Å². The number of nitrogens with two attached hydrogens (primary N) is 3. The molecule has 3 aliphatic rings. The Labute approximate surface area is 213 Å². The van der Waals surface area contributed by atoms with Crippen molar-refractivity contribution in [3.8, 4) is 5.69 Å². The molecule has 1 aliphatic carbocycles. The summed E-state index contributed by atoms with van der Waals surface area (Å²) in [7, 11) is 0. The van der Waals surface area contributed by atoms with Gasteiger partial charge in [0.2, 0.25) is 5.91 Å². The summed E-state index contributed by atoms with van der Waals surface area (Å²) in [5, 5.41) is 11.7. The van der Waals surface area contributed by atoms with Crippen molar-refractivity contribution < 1.29 is 14.7 Å². The first-order chi connectivity index (χ1) is 17.7. The molecule has 1 aromatic heterocycles. The van der Waals surface area contributed by atoms with E-state index in [2.05, 4.69) is 15.2 Å². The Bertz CT molecular complexity index is 1210. The quantitative estimate of drug-likeness (QED) is 0.289. The number of hydrogen-bond donors (Lipinski definition) is 5. The second kappa shape index (κ2) is 10.2. The summed E-state index contributed by atoms with van der Waals surface area (Å²) in [6, 6.07) is 8.16. The van der Waals surface area contributed by atoms with Crippen LogP contribution in [-0.2, 0) is 11.3 Å². The SMILES string of the molecule is NC(CO)C(=O)N1CCN(C(=O)Nc2ccn(-c3ccc(CN4CC5C(N)C5C4)cc3)c(=O)n2)C[C@H]1N. The van der Waals surface area contributed by atoms with Crippen molar-refractivity contribution in [2.45, 2.75) is 24.8 Å². The maximum atomic E-state index is 12.7. The van der Waals surface area contributed by atoms with Gasteiger partial charge in [0.05, 0.1) is 25.0 Å². The third-order valence-corrected chi connectivity index (χ3v) is 7.50. The van der Waals surface area contributed by atoms with Gasteiger partial charge in [-0.2, -0.15) is 4.98 Å². The van der Waals surface area contributed by atoms with Gasteiger partial charge in [0, 0.05) is 45.0 Å². The molecule has 3 unspecified atom stereocenters. The minimum Gasteiger partial charge on any atom is -0.394 e. The smallest absolute Gasteiger partial charge is 0.354 e. The highest BCUT2D eigenvalue weighted by Gasteiger charge is 2.53. The highest BCUT2D eigenvalue weighted by Crippen LogP contribution is 2.44. The molecule has 0 spiro atoms. The summed E-state index contributed by atoms with van der Waals surface area (Å²) < 4.78 is 1.41. The zero-order valence-corrected chi connectivity index (χ0v) is 20.4. The normalized spacial score (nSPS) is 26.1. The number of carbonyl (C=O) groups is 2. The van der Waals surface area contributed by atoms with E-state index in [1.165, 1.54) is 19.9 Å². The van der Waals surface area contributed by atoms with E-state index in [1.54, 1.807) is 12.3 Å². The molecule has 3 heterocycles. The number of aliphatic hydroxyl groups excluding tert-OH is 1. The molecule has 5 rings (SSSR count). The Morgan fingerprint density at radius 1 is 1.08 bits per heavy atom. The lowest BCUT2D eigenvalue weighted by atomic mass is 10.2. The van der Waals surface area contributed by atoms with Gasteiger partial charge in [0.25, 0.3) is 0 Å². The fourth-order valence-corrected chi connectivity index (χ4v) is 5.23. The van der Waals surface area contributed by atoms with Crippen LogP contribution in [0.5, 0.6) is 0 Å². The lowest BCUT2D eigenvalue weighted by Gasteiger charge is -2.40. The molecule has 0 radical (unpaired) electrons. The van der Waals surface area contributed by atoms with Crippen LogP contribution < -0.4 is 28.2 Å². The molecule has 4 atom stereocenters. The Morgan fingerprint density at radius 2 is 1.78 bits per heavy atom. The number of aliphatic hydroxyl groups is 1. The van der Waals surface area contributed by atoms with Crippen LogP contribution in [0.2, 0.25) is 0 Å². The zero-order valence-electron chi connectivity index (χ0n) is 20.4. The number of urea groups is 1. The number of hydrogen-bond acceptors (Lipinski definition) is 9.